The summed E-state index contributed by atoms with van der Waals surface area (Å²) in [6.45, 7) is 9.01. The van der Waals surface area contributed by atoms with Crippen molar-refractivity contribution in [2.24, 2.45) is 4.99 Å². The summed E-state index contributed by atoms with van der Waals surface area (Å²) in [5.41, 5.74) is 1.38. The molecule has 1 heterocycles. The van der Waals surface area contributed by atoms with Crippen LogP contribution in [0.1, 0.15) is 46.9 Å². The van der Waals surface area contributed by atoms with Gasteiger partial charge in [0.15, 0.2) is 5.96 Å². The van der Waals surface area contributed by atoms with Gasteiger partial charge in [-0.05, 0) is 57.9 Å². The molecule has 164 valence electrons. The molecule has 0 spiro atoms. The van der Waals surface area contributed by atoms with Gasteiger partial charge in [0.2, 0.25) is 0 Å². The van der Waals surface area contributed by atoms with Crippen LogP contribution in [0.2, 0.25) is 0 Å². The number of furan rings is 1. The highest BCUT2D eigenvalue weighted by Gasteiger charge is 2.27. The number of aliphatic hydroxyl groups is 1. The second-order valence-electron chi connectivity index (χ2n) is 7.87. The third kappa shape index (κ3) is 6.35. The maximum atomic E-state index is 12.1. The Morgan fingerprint density at radius 3 is 2.57 bits per heavy atom. The van der Waals surface area contributed by atoms with Crippen LogP contribution in [0.4, 0.5) is 0 Å². The number of benzene rings is 1. The fourth-order valence-electron chi connectivity index (χ4n) is 3.27. The number of nitrogens with zero attached hydrogens (tertiary/aromatic N) is 2. The second kappa shape index (κ2) is 10.3. The zero-order chi connectivity index (χ0) is 22.3. The molecule has 2 aromatic rings. The van der Waals surface area contributed by atoms with Gasteiger partial charge in [-0.2, -0.15) is 0 Å². The Labute approximate surface area is 179 Å². The van der Waals surface area contributed by atoms with Gasteiger partial charge in [-0.3, -0.25) is 4.79 Å². The molecular weight excluding hydrogens is 380 g/mol. The van der Waals surface area contributed by atoms with E-state index >= 15 is 0 Å². The van der Waals surface area contributed by atoms with Crippen LogP contribution in [0.25, 0.3) is 0 Å². The lowest BCUT2D eigenvalue weighted by Crippen LogP contribution is -2.39. The first-order valence-electron chi connectivity index (χ1n) is 10.3. The maximum absolute atomic E-state index is 12.1. The Hall–Kier alpha value is -2.80. The topological polar surface area (TPSA) is 90.1 Å². The van der Waals surface area contributed by atoms with Crippen molar-refractivity contribution < 1.29 is 14.3 Å². The van der Waals surface area contributed by atoms with E-state index in [2.05, 4.69) is 15.6 Å². The fraction of sp³-hybridized carbons (Fsp3) is 0.478. The van der Waals surface area contributed by atoms with Gasteiger partial charge in [0, 0.05) is 38.3 Å². The van der Waals surface area contributed by atoms with Crippen molar-refractivity contribution in [2.45, 2.75) is 39.7 Å². The van der Waals surface area contributed by atoms with E-state index < -0.39 is 5.60 Å². The van der Waals surface area contributed by atoms with Gasteiger partial charge in [-0.15, -0.1) is 0 Å². The van der Waals surface area contributed by atoms with E-state index in [1.54, 1.807) is 25.9 Å². The van der Waals surface area contributed by atoms with Crippen LogP contribution in [-0.4, -0.2) is 55.6 Å². The molecule has 1 aromatic heterocycles. The molecule has 1 unspecified atom stereocenters. The van der Waals surface area contributed by atoms with Crippen LogP contribution in [-0.2, 0) is 12.0 Å². The van der Waals surface area contributed by atoms with Crippen molar-refractivity contribution in [1.82, 2.24) is 15.5 Å². The number of aryl methyl sites for hydroxylation is 2. The smallest absolute Gasteiger partial charge is 0.253 e. The molecule has 0 bridgehead atoms. The molecule has 0 aliphatic heterocycles. The summed E-state index contributed by atoms with van der Waals surface area (Å²) in [4.78, 5) is 18.3. The maximum Gasteiger partial charge on any atom is 0.253 e. The Morgan fingerprint density at radius 2 is 1.97 bits per heavy atom. The molecule has 1 aromatic carbocycles. The van der Waals surface area contributed by atoms with Gasteiger partial charge >= 0.3 is 0 Å². The second-order valence-corrected chi connectivity index (χ2v) is 7.87. The van der Waals surface area contributed by atoms with E-state index in [1.165, 1.54) is 0 Å². The predicted octanol–water partition coefficient (Wildman–Crippen LogP) is 2.60. The lowest BCUT2D eigenvalue weighted by Gasteiger charge is -2.21. The molecule has 0 saturated heterocycles. The third-order valence-electron chi connectivity index (χ3n) is 4.80. The fourth-order valence-corrected chi connectivity index (χ4v) is 3.27. The van der Waals surface area contributed by atoms with Crippen molar-refractivity contribution in [3.8, 4) is 0 Å². The first-order chi connectivity index (χ1) is 14.1. The minimum atomic E-state index is -1.12. The third-order valence-corrected chi connectivity index (χ3v) is 4.80. The van der Waals surface area contributed by atoms with Gasteiger partial charge in [0.25, 0.3) is 5.91 Å². The molecular formula is C23H34N4O3. The number of carbonyl (C=O) groups excluding carboxylic acids is 1. The number of amides is 1. The minimum Gasteiger partial charge on any atom is -0.466 e. The average molecular weight is 415 g/mol. The van der Waals surface area contributed by atoms with Gasteiger partial charge in [-0.25, -0.2) is 4.99 Å². The lowest BCUT2D eigenvalue weighted by molar-refractivity contribution is 0.0656. The van der Waals surface area contributed by atoms with Crippen LogP contribution >= 0.6 is 0 Å². The Bertz CT molecular complexity index is 884. The van der Waals surface area contributed by atoms with Crippen molar-refractivity contribution >= 4 is 11.9 Å². The molecule has 1 atom stereocenters. The summed E-state index contributed by atoms with van der Waals surface area (Å²) in [5, 5.41) is 17.4. The zero-order valence-electron chi connectivity index (χ0n) is 18.9. The molecule has 1 amide bonds. The summed E-state index contributed by atoms with van der Waals surface area (Å²) < 4.78 is 5.54. The predicted molar refractivity (Wildman–Crippen MR) is 120 cm³/mol. The summed E-state index contributed by atoms with van der Waals surface area (Å²) >= 11 is 0. The molecule has 7 nitrogen and oxygen atoms in total. The van der Waals surface area contributed by atoms with Crippen molar-refractivity contribution in [2.75, 3.05) is 33.7 Å². The van der Waals surface area contributed by atoms with Gasteiger partial charge in [0.1, 0.15) is 17.1 Å². The Kier molecular flexibility index (Phi) is 8.06. The van der Waals surface area contributed by atoms with Crippen LogP contribution in [0.3, 0.4) is 0 Å². The van der Waals surface area contributed by atoms with Gasteiger partial charge in [-0.1, -0.05) is 12.1 Å². The molecule has 0 aliphatic rings. The molecule has 7 heteroatoms. The summed E-state index contributed by atoms with van der Waals surface area (Å²) in [6.07, 6.45) is 0.745. The Morgan fingerprint density at radius 1 is 1.23 bits per heavy atom. The highest BCUT2D eigenvalue weighted by molar-refractivity contribution is 5.94. The SMILES string of the molecule is CCNC(=NCC(C)(O)c1cc(C)oc1C)NCCc1cccc(C(=O)N(C)C)c1. The minimum absolute atomic E-state index is 0.00767. The van der Waals surface area contributed by atoms with Crippen LogP contribution in [0.5, 0.6) is 0 Å². The molecule has 3 N–H and O–H groups in total. The Balaban J connectivity index is 2.00. The van der Waals surface area contributed by atoms with Crippen molar-refractivity contribution in [3.63, 3.8) is 0 Å². The number of hydrogen-bond donors (Lipinski definition) is 3. The lowest BCUT2D eigenvalue weighted by atomic mass is 9.96. The average Bonchev–Trinajstić information content (AvgIpc) is 3.04. The van der Waals surface area contributed by atoms with E-state index in [4.69, 9.17) is 4.42 Å². The monoisotopic (exact) mass is 414 g/mol. The highest BCUT2D eigenvalue weighted by Crippen LogP contribution is 2.27. The first kappa shape index (κ1) is 23.5. The van der Waals surface area contributed by atoms with Crippen LogP contribution in [0.15, 0.2) is 39.7 Å². The van der Waals surface area contributed by atoms with E-state index in [0.29, 0.717) is 30.4 Å². The number of guanidine groups is 1. The molecule has 0 radical (unpaired) electrons. The number of carbonyl (C=O) groups is 1. The summed E-state index contributed by atoms with van der Waals surface area (Å²) in [6, 6.07) is 9.51. The summed E-state index contributed by atoms with van der Waals surface area (Å²) in [5.74, 6) is 2.10. The van der Waals surface area contributed by atoms with Gasteiger partial charge in [0.05, 0.1) is 6.54 Å². The standard InChI is InChI=1S/C23H34N4O3/c1-7-24-22(26-15-23(4,29)20-13-16(2)30-17(20)3)25-12-11-18-9-8-10-19(14-18)21(28)27(5)6/h8-10,13-14,29H,7,11-12,15H2,1-6H3,(H2,24,25,26). The van der Waals surface area contributed by atoms with E-state index in [0.717, 1.165) is 23.3 Å². The molecule has 2 rings (SSSR count). The molecule has 0 aliphatic carbocycles. The largest absolute Gasteiger partial charge is 0.466 e. The van der Waals surface area contributed by atoms with E-state index in [9.17, 15) is 9.90 Å². The highest BCUT2D eigenvalue weighted by atomic mass is 16.3. The van der Waals surface area contributed by atoms with Crippen LogP contribution in [0, 0.1) is 13.8 Å². The zero-order valence-corrected chi connectivity index (χ0v) is 18.9. The summed E-state index contributed by atoms with van der Waals surface area (Å²) in [7, 11) is 3.49. The van der Waals surface area contributed by atoms with E-state index in [-0.39, 0.29) is 12.5 Å². The van der Waals surface area contributed by atoms with Crippen molar-refractivity contribution in [1.29, 1.82) is 0 Å². The number of nitrogens with one attached hydrogen (secondary N) is 2. The molecule has 0 fully saturated rings. The first-order valence-corrected chi connectivity index (χ1v) is 10.3. The normalized spacial score (nSPS) is 13.6. The number of hydrogen-bond acceptors (Lipinski definition) is 4. The quantitative estimate of drug-likeness (QED) is 0.456. The van der Waals surface area contributed by atoms with Gasteiger partial charge < -0.3 is 25.1 Å². The number of rotatable bonds is 8. The van der Waals surface area contributed by atoms with Crippen LogP contribution < -0.4 is 10.6 Å². The van der Waals surface area contributed by atoms with E-state index in [1.807, 2.05) is 51.1 Å². The molecule has 30 heavy (non-hydrogen) atoms. The number of aliphatic imine (C=N–C) groups is 1. The van der Waals surface area contributed by atoms with Crippen molar-refractivity contribution in [3.05, 3.63) is 58.5 Å². The molecule has 0 saturated carbocycles.